The summed E-state index contributed by atoms with van der Waals surface area (Å²) in [6, 6.07) is 0. The third-order valence-electron chi connectivity index (χ3n) is 3.28. The molecule has 2 unspecified atom stereocenters. The first-order valence-electron chi connectivity index (χ1n) is 10.0. The van der Waals surface area contributed by atoms with E-state index in [9.17, 15) is 9.18 Å². The van der Waals surface area contributed by atoms with E-state index in [0.29, 0.717) is 59.5 Å². The van der Waals surface area contributed by atoms with Gasteiger partial charge in [0.2, 0.25) is 5.91 Å². The summed E-state index contributed by atoms with van der Waals surface area (Å²) in [4.78, 5) is 10.7. The van der Waals surface area contributed by atoms with Crippen LogP contribution >= 0.6 is 0 Å². The number of hydrogen-bond donors (Lipinski definition) is 2. The maximum atomic E-state index is 13.6. The van der Waals surface area contributed by atoms with Crippen LogP contribution in [0.15, 0.2) is 0 Å². The Balaban J connectivity index is 0. The van der Waals surface area contributed by atoms with Crippen LogP contribution in [0.4, 0.5) is 4.39 Å². The van der Waals surface area contributed by atoms with Gasteiger partial charge in [0.1, 0.15) is 6.17 Å². The molecule has 0 aliphatic carbocycles. The molecule has 0 spiro atoms. The summed E-state index contributed by atoms with van der Waals surface area (Å²) in [5.74, 6) is -0.258. The third-order valence-corrected chi connectivity index (χ3v) is 3.28. The van der Waals surface area contributed by atoms with Crippen molar-refractivity contribution in [1.29, 1.82) is 0 Å². The maximum absolute atomic E-state index is 13.6. The first-order valence-corrected chi connectivity index (χ1v) is 10.0. The van der Waals surface area contributed by atoms with Crippen LogP contribution < -0.4 is 10.6 Å². The monoisotopic (exact) mass is 412 g/mol. The summed E-state index contributed by atoms with van der Waals surface area (Å²) in [7, 11) is 1.88. The molecule has 1 amide bonds. The highest BCUT2D eigenvalue weighted by molar-refractivity contribution is 5.72. The molecule has 0 fully saturated rings. The van der Waals surface area contributed by atoms with Crippen molar-refractivity contribution in [3.8, 4) is 0 Å². The molecule has 8 nitrogen and oxygen atoms in total. The minimum absolute atomic E-state index is 0.0463. The van der Waals surface area contributed by atoms with Crippen LogP contribution in [0.2, 0.25) is 0 Å². The van der Waals surface area contributed by atoms with Gasteiger partial charge in [0, 0.05) is 13.5 Å². The number of halogens is 1. The first-order chi connectivity index (χ1) is 13.6. The minimum atomic E-state index is -1.24. The molecule has 0 aliphatic rings. The zero-order valence-electron chi connectivity index (χ0n) is 18.3. The Kier molecular flexibility index (Phi) is 25.4. The van der Waals surface area contributed by atoms with Crippen LogP contribution in [-0.2, 0) is 28.5 Å². The lowest BCUT2D eigenvalue weighted by molar-refractivity contribution is -0.119. The van der Waals surface area contributed by atoms with Crippen LogP contribution in [0.3, 0.4) is 0 Å². The molecule has 0 aromatic carbocycles. The second-order valence-electron chi connectivity index (χ2n) is 5.58. The van der Waals surface area contributed by atoms with E-state index in [-0.39, 0.29) is 12.5 Å². The van der Waals surface area contributed by atoms with Crippen molar-refractivity contribution in [2.45, 2.75) is 40.0 Å². The van der Waals surface area contributed by atoms with Crippen molar-refractivity contribution in [2.24, 2.45) is 0 Å². The Morgan fingerprint density at radius 2 is 1.29 bits per heavy atom. The Bertz CT molecular complexity index is 327. The van der Waals surface area contributed by atoms with Crippen molar-refractivity contribution < 1.29 is 32.9 Å². The number of carbonyl (C=O) groups excluding carboxylic acids is 1. The van der Waals surface area contributed by atoms with Crippen LogP contribution in [0.1, 0.15) is 27.7 Å². The summed E-state index contributed by atoms with van der Waals surface area (Å²) in [6.45, 7) is 12.1. The quantitative estimate of drug-likeness (QED) is 0.308. The van der Waals surface area contributed by atoms with Gasteiger partial charge in [-0.3, -0.25) is 4.79 Å². The molecule has 0 saturated carbocycles. The number of rotatable bonds is 19. The lowest BCUT2D eigenvalue weighted by Gasteiger charge is -2.17. The highest BCUT2D eigenvalue weighted by Gasteiger charge is 2.16. The van der Waals surface area contributed by atoms with E-state index in [1.165, 1.54) is 6.92 Å². The predicted molar refractivity (Wildman–Crippen MR) is 108 cm³/mol. The van der Waals surface area contributed by atoms with E-state index in [4.69, 9.17) is 23.7 Å². The molecular weight excluding hydrogens is 371 g/mol. The SMILES string of the molecule is CC.CNCCOCCOCCOCCOCCOC(C)C(F)CNC(C)=O. The van der Waals surface area contributed by atoms with Crippen LogP contribution in [0, 0.1) is 0 Å². The standard InChI is InChI=1S/C17H35FN2O6.C2H6/c1-15(17(18)14-20-16(2)21)26-13-12-25-11-10-24-9-8-23-7-6-22-5-4-19-3;1-2/h15,17,19H,4-14H2,1-3H3,(H,20,21);1-2H3. The van der Waals surface area contributed by atoms with Crippen LogP contribution in [0.5, 0.6) is 0 Å². The van der Waals surface area contributed by atoms with Gasteiger partial charge in [-0.05, 0) is 14.0 Å². The fourth-order valence-corrected chi connectivity index (χ4v) is 1.74. The molecule has 28 heavy (non-hydrogen) atoms. The van der Waals surface area contributed by atoms with Gasteiger partial charge in [-0.25, -0.2) is 4.39 Å². The average Bonchev–Trinajstić information content (AvgIpc) is 2.70. The summed E-state index contributed by atoms with van der Waals surface area (Å²) in [5.41, 5.74) is 0. The van der Waals surface area contributed by atoms with E-state index in [1.807, 2.05) is 20.9 Å². The molecular formula is C19H41FN2O6. The predicted octanol–water partition coefficient (Wildman–Crippen LogP) is 1.18. The van der Waals surface area contributed by atoms with E-state index >= 15 is 0 Å². The third kappa shape index (κ3) is 23.2. The summed E-state index contributed by atoms with van der Waals surface area (Å²) < 4.78 is 40.3. The average molecular weight is 413 g/mol. The Labute approximate surface area is 169 Å². The first kappa shape index (κ1) is 29.4. The van der Waals surface area contributed by atoms with Crippen LogP contribution in [0.25, 0.3) is 0 Å². The molecule has 0 rings (SSSR count). The smallest absolute Gasteiger partial charge is 0.216 e. The normalized spacial score (nSPS) is 12.8. The van der Waals surface area contributed by atoms with Gasteiger partial charge in [-0.1, -0.05) is 13.8 Å². The van der Waals surface area contributed by atoms with Crippen molar-refractivity contribution >= 4 is 5.91 Å². The molecule has 0 aromatic rings. The molecule has 170 valence electrons. The second kappa shape index (κ2) is 24.2. The molecule has 9 heteroatoms. The van der Waals surface area contributed by atoms with Gasteiger partial charge in [0.05, 0.1) is 72.1 Å². The molecule has 0 aromatic heterocycles. The fourth-order valence-electron chi connectivity index (χ4n) is 1.74. The van der Waals surface area contributed by atoms with Gasteiger partial charge in [0.15, 0.2) is 0 Å². The van der Waals surface area contributed by atoms with Gasteiger partial charge in [0.25, 0.3) is 0 Å². The molecule has 0 saturated heterocycles. The Hall–Kier alpha value is -0.840. The van der Waals surface area contributed by atoms with Crippen molar-refractivity contribution in [3.05, 3.63) is 0 Å². The van der Waals surface area contributed by atoms with Gasteiger partial charge in [-0.2, -0.15) is 0 Å². The molecule has 0 radical (unpaired) electrons. The number of amides is 1. The number of nitrogens with one attached hydrogen (secondary N) is 2. The molecule has 2 atom stereocenters. The number of carbonyl (C=O) groups is 1. The lowest BCUT2D eigenvalue weighted by Crippen LogP contribution is -2.35. The van der Waals surface area contributed by atoms with E-state index in [2.05, 4.69) is 10.6 Å². The Morgan fingerprint density at radius 1 is 0.857 bits per heavy atom. The van der Waals surface area contributed by atoms with Crippen molar-refractivity contribution in [3.63, 3.8) is 0 Å². The lowest BCUT2D eigenvalue weighted by atomic mass is 10.2. The molecule has 0 bridgehead atoms. The number of likely N-dealkylation sites (N-methyl/N-ethyl adjacent to an activating group) is 1. The zero-order chi connectivity index (χ0) is 21.5. The second-order valence-corrected chi connectivity index (χ2v) is 5.58. The maximum Gasteiger partial charge on any atom is 0.216 e. The fraction of sp³-hybridized carbons (Fsp3) is 0.947. The van der Waals surface area contributed by atoms with Crippen molar-refractivity contribution in [1.82, 2.24) is 10.6 Å². The van der Waals surface area contributed by atoms with Gasteiger partial charge >= 0.3 is 0 Å². The van der Waals surface area contributed by atoms with Gasteiger partial charge < -0.3 is 34.3 Å². The highest BCUT2D eigenvalue weighted by atomic mass is 19.1. The van der Waals surface area contributed by atoms with E-state index in [1.54, 1.807) is 6.92 Å². The van der Waals surface area contributed by atoms with Crippen molar-refractivity contribution in [2.75, 3.05) is 79.6 Å². The molecule has 0 aliphatic heterocycles. The largest absolute Gasteiger partial charge is 0.378 e. The summed E-state index contributed by atoms with van der Waals surface area (Å²) in [6.07, 6.45) is -1.84. The van der Waals surface area contributed by atoms with E-state index in [0.717, 1.165) is 6.54 Å². The zero-order valence-corrected chi connectivity index (χ0v) is 18.3. The van der Waals surface area contributed by atoms with Gasteiger partial charge in [-0.15, -0.1) is 0 Å². The number of hydrogen-bond acceptors (Lipinski definition) is 7. The summed E-state index contributed by atoms with van der Waals surface area (Å²) >= 11 is 0. The Morgan fingerprint density at radius 3 is 1.71 bits per heavy atom. The number of alkyl halides is 1. The minimum Gasteiger partial charge on any atom is -0.378 e. The van der Waals surface area contributed by atoms with E-state index < -0.39 is 12.3 Å². The number of ether oxygens (including phenoxy) is 5. The molecule has 0 heterocycles. The van der Waals surface area contributed by atoms with Crippen LogP contribution in [-0.4, -0.2) is 97.8 Å². The summed E-state index contributed by atoms with van der Waals surface area (Å²) in [5, 5.41) is 5.41. The highest BCUT2D eigenvalue weighted by Crippen LogP contribution is 2.02. The molecule has 2 N–H and O–H groups in total. The topological polar surface area (TPSA) is 87.3 Å².